The lowest BCUT2D eigenvalue weighted by Gasteiger charge is -2.23. The molecule has 0 unspecified atom stereocenters. The van der Waals surface area contributed by atoms with E-state index in [1.54, 1.807) is 7.11 Å². The van der Waals surface area contributed by atoms with Crippen LogP contribution in [0.3, 0.4) is 0 Å². The molecular formula is C23H27N3O4. The van der Waals surface area contributed by atoms with E-state index < -0.39 is 17.4 Å². The lowest BCUT2D eigenvalue weighted by molar-refractivity contribution is -0.137. The minimum atomic E-state index is -0.656. The third kappa shape index (κ3) is 3.04. The summed E-state index contributed by atoms with van der Waals surface area (Å²) in [5, 5.41) is 4.14. The van der Waals surface area contributed by atoms with Crippen LogP contribution in [0.15, 0.2) is 42.6 Å². The number of para-hydroxylation sites is 1. The van der Waals surface area contributed by atoms with Crippen LogP contribution in [0, 0.1) is 11.8 Å². The lowest BCUT2D eigenvalue weighted by Crippen LogP contribution is -2.44. The maximum absolute atomic E-state index is 13.3. The van der Waals surface area contributed by atoms with Crippen molar-refractivity contribution in [2.75, 3.05) is 33.4 Å². The highest BCUT2D eigenvalue weighted by molar-refractivity contribution is 5.93. The van der Waals surface area contributed by atoms with Crippen molar-refractivity contribution in [2.24, 2.45) is 11.8 Å². The van der Waals surface area contributed by atoms with E-state index in [0.717, 1.165) is 18.4 Å². The van der Waals surface area contributed by atoms with Crippen molar-refractivity contribution >= 4 is 22.7 Å². The number of likely N-dealkylation sites (tertiary alicyclic amines) is 1. The molecule has 7 heteroatoms. The largest absolute Gasteiger partial charge is 0.385 e. The summed E-state index contributed by atoms with van der Waals surface area (Å²) in [4.78, 5) is 31.3. The van der Waals surface area contributed by atoms with Crippen molar-refractivity contribution in [3.63, 3.8) is 0 Å². The van der Waals surface area contributed by atoms with E-state index >= 15 is 0 Å². The third-order valence-corrected chi connectivity index (χ3v) is 6.63. The van der Waals surface area contributed by atoms with Crippen LogP contribution in [-0.2, 0) is 25.5 Å². The summed E-state index contributed by atoms with van der Waals surface area (Å²) in [6.07, 6.45) is 7.17. The second-order valence-corrected chi connectivity index (χ2v) is 8.41. The van der Waals surface area contributed by atoms with E-state index in [0.29, 0.717) is 26.2 Å². The molecule has 1 spiro atoms. The molecule has 3 aliphatic heterocycles. The van der Waals surface area contributed by atoms with Crippen molar-refractivity contribution in [3.8, 4) is 0 Å². The maximum Gasteiger partial charge on any atom is 0.230 e. The summed E-state index contributed by atoms with van der Waals surface area (Å²) in [7, 11) is 1.64. The highest BCUT2D eigenvalue weighted by atomic mass is 16.5. The van der Waals surface area contributed by atoms with E-state index in [2.05, 4.69) is 22.4 Å². The Kier molecular flexibility index (Phi) is 4.87. The lowest BCUT2D eigenvalue weighted by atomic mass is 9.77. The smallest absolute Gasteiger partial charge is 0.230 e. The van der Waals surface area contributed by atoms with Crippen LogP contribution in [0.5, 0.6) is 0 Å². The fourth-order valence-electron chi connectivity index (χ4n) is 5.21. The number of nitrogens with zero attached hydrogens (tertiary/aromatic N) is 1. The van der Waals surface area contributed by atoms with Gasteiger partial charge in [0.05, 0.1) is 24.5 Å². The molecule has 0 aliphatic carbocycles. The molecule has 0 radical (unpaired) electrons. The summed E-state index contributed by atoms with van der Waals surface area (Å²) in [5.74, 6) is -0.959. The van der Waals surface area contributed by atoms with Crippen LogP contribution in [0.4, 0.5) is 0 Å². The van der Waals surface area contributed by atoms with Gasteiger partial charge in [-0.2, -0.15) is 0 Å². The van der Waals surface area contributed by atoms with Crippen LogP contribution in [-0.4, -0.2) is 66.8 Å². The van der Waals surface area contributed by atoms with E-state index in [1.165, 1.54) is 10.9 Å². The summed E-state index contributed by atoms with van der Waals surface area (Å²) in [6.45, 7) is 2.26. The van der Waals surface area contributed by atoms with Crippen molar-refractivity contribution in [2.45, 2.75) is 24.5 Å². The molecule has 2 bridgehead atoms. The Morgan fingerprint density at radius 2 is 2.27 bits per heavy atom. The Bertz CT molecular complexity index is 999. The van der Waals surface area contributed by atoms with Crippen LogP contribution in [0.25, 0.3) is 10.9 Å². The van der Waals surface area contributed by atoms with Crippen molar-refractivity contribution in [3.05, 3.63) is 48.2 Å². The molecule has 0 saturated carbocycles. The van der Waals surface area contributed by atoms with E-state index in [1.807, 2.05) is 35.4 Å². The molecule has 2 N–H and O–H groups in total. The fourth-order valence-corrected chi connectivity index (χ4v) is 5.21. The Hall–Kier alpha value is -2.64. The molecule has 1 aromatic carbocycles. The minimum absolute atomic E-state index is 0.0266. The number of rotatable bonds is 8. The van der Waals surface area contributed by atoms with Crippen molar-refractivity contribution in [1.29, 1.82) is 0 Å². The fraction of sp³-hybridized carbons (Fsp3) is 0.478. The third-order valence-electron chi connectivity index (χ3n) is 6.63. The number of aromatic amines is 1. The van der Waals surface area contributed by atoms with Gasteiger partial charge in [0.2, 0.25) is 11.8 Å². The van der Waals surface area contributed by atoms with E-state index in [9.17, 15) is 9.59 Å². The van der Waals surface area contributed by atoms with Gasteiger partial charge in [0, 0.05) is 43.9 Å². The van der Waals surface area contributed by atoms with Gasteiger partial charge in [0.15, 0.2) is 0 Å². The van der Waals surface area contributed by atoms with E-state index in [4.69, 9.17) is 9.47 Å². The number of amides is 2. The number of nitrogens with one attached hydrogen (secondary N) is 2. The number of aromatic nitrogens is 1. The normalized spacial score (nSPS) is 29.2. The Labute approximate surface area is 175 Å². The maximum atomic E-state index is 13.3. The molecule has 1 aromatic heterocycles. The first-order valence-electron chi connectivity index (χ1n) is 10.6. The van der Waals surface area contributed by atoms with Gasteiger partial charge < -0.3 is 24.7 Å². The van der Waals surface area contributed by atoms with Crippen LogP contribution >= 0.6 is 0 Å². The first-order valence-corrected chi connectivity index (χ1v) is 10.6. The molecule has 2 aromatic rings. The van der Waals surface area contributed by atoms with Gasteiger partial charge in [-0.05, 0) is 24.5 Å². The Morgan fingerprint density at radius 3 is 3.13 bits per heavy atom. The van der Waals surface area contributed by atoms with Crippen LogP contribution < -0.4 is 5.32 Å². The molecule has 4 heterocycles. The first kappa shape index (κ1) is 19.3. The monoisotopic (exact) mass is 409 g/mol. The summed E-state index contributed by atoms with van der Waals surface area (Å²) in [5.41, 5.74) is 1.64. The van der Waals surface area contributed by atoms with E-state index in [-0.39, 0.29) is 17.9 Å². The summed E-state index contributed by atoms with van der Waals surface area (Å²) >= 11 is 0. The van der Waals surface area contributed by atoms with Gasteiger partial charge in [-0.1, -0.05) is 30.4 Å². The molecule has 7 nitrogen and oxygen atoms in total. The number of carbonyl (C=O) groups is 2. The van der Waals surface area contributed by atoms with Crippen LogP contribution in [0.2, 0.25) is 0 Å². The molecule has 158 valence electrons. The Morgan fingerprint density at radius 1 is 1.40 bits per heavy atom. The standard InChI is InChI=1S/C23H27N3O4/c1-29-12-4-10-24-21(27)19-18-7-9-23(30-18)14-26(22(28)20(19)23)11-8-15-13-25-17-6-3-2-5-16(15)17/h2-3,5-7,9,13,18-20,25H,4,8,10-12,14H2,1H3,(H,24,27)/t18-,19+,20-,23-/m1/s1. The predicted octanol–water partition coefficient (Wildman–Crippen LogP) is 1.65. The number of methoxy groups -OCH3 is 1. The summed E-state index contributed by atoms with van der Waals surface area (Å²) in [6, 6.07) is 8.18. The van der Waals surface area contributed by atoms with Crippen molar-refractivity contribution < 1.29 is 19.1 Å². The highest BCUT2D eigenvalue weighted by Crippen LogP contribution is 2.51. The number of benzene rings is 1. The number of H-pyrrole nitrogens is 1. The van der Waals surface area contributed by atoms with Gasteiger partial charge in [-0.3, -0.25) is 9.59 Å². The average Bonchev–Trinajstić information content (AvgIpc) is 3.49. The molecule has 5 rings (SSSR count). The van der Waals surface area contributed by atoms with Crippen molar-refractivity contribution in [1.82, 2.24) is 15.2 Å². The topological polar surface area (TPSA) is 83.7 Å². The zero-order valence-electron chi connectivity index (χ0n) is 17.1. The SMILES string of the molecule is COCCCNC(=O)[C@H]1[C@H]2C=C[C@]3(CN(CCc4c[nH]c5ccccc45)C(=O)[C@@H]13)O2. The highest BCUT2D eigenvalue weighted by Gasteiger charge is 2.66. The number of carbonyl (C=O) groups excluding carboxylic acids is 2. The number of hydrogen-bond acceptors (Lipinski definition) is 4. The summed E-state index contributed by atoms with van der Waals surface area (Å²) < 4.78 is 11.2. The molecule has 3 aliphatic rings. The van der Waals surface area contributed by atoms with Gasteiger partial charge in [-0.15, -0.1) is 0 Å². The van der Waals surface area contributed by atoms with Gasteiger partial charge in [0.25, 0.3) is 0 Å². The predicted molar refractivity (Wildman–Crippen MR) is 112 cm³/mol. The van der Waals surface area contributed by atoms with Gasteiger partial charge >= 0.3 is 0 Å². The number of fused-ring (bicyclic) bond motifs is 2. The quantitative estimate of drug-likeness (QED) is 0.513. The molecule has 2 fully saturated rings. The molecule has 30 heavy (non-hydrogen) atoms. The number of hydrogen-bond donors (Lipinski definition) is 2. The second kappa shape index (κ2) is 7.56. The van der Waals surface area contributed by atoms with Gasteiger partial charge in [-0.25, -0.2) is 0 Å². The minimum Gasteiger partial charge on any atom is -0.385 e. The van der Waals surface area contributed by atoms with Crippen LogP contribution in [0.1, 0.15) is 12.0 Å². The average molecular weight is 409 g/mol. The number of ether oxygens (including phenoxy) is 2. The van der Waals surface area contributed by atoms with Gasteiger partial charge in [0.1, 0.15) is 5.60 Å². The molecule has 2 amide bonds. The molecule has 4 atom stereocenters. The molecular weight excluding hydrogens is 382 g/mol. The Balaban J connectivity index is 1.27. The molecule has 2 saturated heterocycles. The zero-order chi connectivity index (χ0) is 20.7. The second-order valence-electron chi connectivity index (χ2n) is 8.41. The first-order chi connectivity index (χ1) is 14.6. The zero-order valence-corrected chi connectivity index (χ0v) is 17.1.